The highest BCUT2D eigenvalue weighted by Crippen LogP contribution is 2.16. The molecule has 2 aromatic rings. The topological polar surface area (TPSA) is 92.7 Å². The minimum absolute atomic E-state index is 0.580. The van der Waals surface area contributed by atoms with Crippen molar-refractivity contribution in [3.63, 3.8) is 0 Å². The summed E-state index contributed by atoms with van der Waals surface area (Å²) in [7, 11) is 0. The fourth-order valence-electron chi connectivity index (χ4n) is 1.90. The summed E-state index contributed by atoms with van der Waals surface area (Å²) in [5, 5.41) is 2.06. The van der Waals surface area contributed by atoms with E-state index in [1.54, 1.807) is 12.4 Å². The second-order valence-electron chi connectivity index (χ2n) is 3.99. The van der Waals surface area contributed by atoms with Crippen molar-refractivity contribution >= 4 is 17.3 Å². The zero-order chi connectivity index (χ0) is 12.4. The first kappa shape index (κ1) is 11.2. The van der Waals surface area contributed by atoms with Gasteiger partial charge in [0, 0.05) is 25.5 Å². The first-order valence-corrected chi connectivity index (χ1v) is 5.76. The summed E-state index contributed by atoms with van der Waals surface area (Å²) in [6, 6.07) is 0. The minimum atomic E-state index is 0.580. The molecule has 0 aromatic carbocycles. The standard InChI is InChI=1S/C10H15N7O/c11-14-8-7-16-2-1-12-10(16)9(13-8)15-17-3-5-18-6-4-17/h1-2,7,14H,3-6,11H2,(H,13,15). The Bertz CT molecular complexity index is 534. The molecule has 8 nitrogen and oxygen atoms in total. The van der Waals surface area contributed by atoms with Crippen molar-refractivity contribution in [2.24, 2.45) is 5.84 Å². The molecule has 1 saturated heterocycles. The lowest BCUT2D eigenvalue weighted by molar-refractivity contribution is 0.0495. The second-order valence-corrected chi connectivity index (χ2v) is 3.99. The third-order valence-electron chi connectivity index (χ3n) is 2.80. The van der Waals surface area contributed by atoms with Gasteiger partial charge in [-0.05, 0) is 0 Å². The molecule has 0 spiro atoms. The van der Waals surface area contributed by atoms with E-state index in [2.05, 4.69) is 25.8 Å². The molecular formula is C10H15N7O. The molecule has 1 aliphatic rings. The minimum Gasteiger partial charge on any atom is -0.379 e. The Morgan fingerprint density at radius 3 is 2.94 bits per heavy atom. The van der Waals surface area contributed by atoms with Crippen molar-refractivity contribution in [3.8, 4) is 0 Å². The van der Waals surface area contributed by atoms with Crippen molar-refractivity contribution in [1.82, 2.24) is 19.4 Å². The van der Waals surface area contributed by atoms with Gasteiger partial charge in [-0.25, -0.2) is 20.8 Å². The van der Waals surface area contributed by atoms with Gasteiger partial charge in [-0.2, -0.15) is 0 Å². The molecule has 0 saturated carbocycles. The van der Waals surface area contributed by atoms with Crippen LogP contribution in [0.15, 0.2) is 18.6 Å². The number of ether oxygens (including phenoxy) is 1. The number of nitrogens with two attached hydrogens (primary N) is 1. The molecule has 18 heavy (non-hydrogen) atoms. The van der Waals surface area contributed by atoms with E-state index in [4.69, 9.17) is 10.6 Å². The number of nitrogens with one attached hydrogen (secondary N) is 2. The maximum atomic E-state index is 5.40. The summed E-state index contributed by atoms with van der Waals surface area (Å²) in [4.78, 5) is 8.64. The second kappa shape index (κ2) is 4.77. The van der Waals surface area contributed by atoms with E-state index in [-0.39, 0.29) is 0 Å². The highest BCUT2D eigenvalue weighted by atomic mass is 16.5. The van der Waals surface area contributed by atoms with Crippen LogP contribution in [0.25, 0.3) is 5.65 Å². The van der Waals surface area contributed by atoms with Crippen LogP contribution in [0.3, 0.4) is 0 Å². The predicted octanol–water partition coefficient (Wildman–Crippen LogP) is -0.326. The first-order chi connectivity index (χ1) is 8.86. The highest BCUT2D eigenvalue weighted by Gasteiger charge is 2.13. The number of nitrogen functional groups attached to an aromatic ring is 1. The maximum absolute atomic E-state index is 5.40. The number of aromatic nitrogens is 3. The summed E-state index contributed by atoms with van der Waals surface area (Å²) in [6.45, 7) is 3.06. The lowest BCUT2D eigenvalue weighted by atomic mass is 10.5. The number of morpholine rings is 1. The molecular weight excluding hydrogens is 234 g/mol. The van der Waals surface area contributed by atoms with Crippen LogP contribution in [0.4, 0.5) is 11.6 Å². The van der Waals surface area contributed by atoms with E-state index < -0.39 is 0 Å². The average molecular weight is 249 g/mol. The van der Waals surface area contributed by atoms with E-state index in [0.29, 0.717) is 24.8 Å². The lowest BCUT2D eigenvalue weighted by Crippen LogP contribution is -2.40. The van der Waals surface area contributed by atoms with Gasteiger partial charge in [-0.1, -0.05) is 0 Å². The predicted molar refractivity (Wildman–Crippen MR) is 66.8 cm³/mol. The molecule has 96 valence electrons. The third-order valence-corrected chi connectivity index (χ3v) is 2.80. The number of rotatable bonds is 3. The third kappa shape index (κ3) is 2.08. The number of hydrazine groups is 2. The van der Waals surface area contributed by atoms with Gasteiger partial charge in [-0.15, -0.1) is 0 Å². The zero-order valence-electron chi connectivity index (χ0n) is 9.83. The van der Waals surface area contributed by atoms with Gasteiger partial charge in [0.25, 0.3) is 0 Å². The highest BCUT2D eigenvalue weighted by molar-refractivity contribution is 5.64. The Hall–Kier alpha value is -1.90. The van der Waals surface area contributed by atoms with Gasteiger partial charge in [0.1, 0.15) is 0 Å². The van der Waals surface area contributed by atoms with Gasteiger partial charge >= 0.3 is 0 Å². The molecule has 1 fully saturated rings. The Labute approximate surface area is 104 Å². The van der Waals surface area contributed by atoms with Crippen molar-refractivity contribution in [2.45, 2.75) is 0 Å². The molecule has 0 atom stereocenters. The van der Waals surface area contributed by atoms with Gasteiger partial charge < -0.3 is 14.6 Å². The van der Waals surface area contributed by atoms with Gasteiger partial charge in [0.05, 0.1) is 19.4 Å². The SMILES string of the molecule is NNc1cn2ccnc2c(NN2CCOCC2)n1. The largest absolute Gasteiger partial charge is 0.379 e. The van der Waals surface area contributed by atoms with Crippen molar-refractivity contribution in [1.29, 1.82) is 0 Å². The van der Waals surface area contributed by atoms with Crippen LogP contribution in [0.5, 0.6) is 0 Å². The average Bonchev–Trinajstić information content (AvgIpc) is 2.88. The van der Waals surface area contributed by atoms with E-state index in [9.17, 15) is 0 Å². The normalized spacial score (nSPS) is 16.9. The Kier molecular flexibility index (Phi) is 2.97. The van der Waals surface area contributed by atoms with Crippen LogP contribution < -0.4 is 16.7 Å². The smallest absolute Gasteiger partial charge is 0.186 e. The number of hydrogen-bond donors (Lipinski definition) is 3. The molecule has 3 rings (SSSR count). The van der Waals surface area contributed by atoms with Crippen LogP contribution in [0.2, 0.25) is 0 Å². The van der Waals surface area contributed by atoms with Crippen LogP contribution in [0.1, 0.15) is 0 Å². The van der Waals surface area contributed by atoms with Crippen LogP contribution >= 0.6 is 0 Å². The monoisotopic (exact) mass is 249 g/mol. The number of fused-ring (bicyclic) bond motifs is 1. The van der Waals surface area contributed by atoms with Crippen LogP contribution in [-0.4, -0.2) is 45.7 Å². The summed E-state index contributed by atoms with van der Waals surface area (Å²) < 4.78 is 7.17. The van der Waals surface area contributed by atoms with Gasteiger partial charge in [0.15, 0.2) is 17.3 Å². The summed E-state index contributed by atoms with van der Waals surface area (Å²) >= 11 is 0. The summed E-state index contributed by atoms with van der Waals surface area (Å²) in [5.41, 5.74) is 6.56. The molecule has 0 unspecified atom stereocenters. The molecule has 0 bridgehead atoms. The van der Waals surface area contributed by atoms with Crippen molar-refractivity contribution in [3.05, 3.63) is 18.6 Å². The fraction of sp³-hybridized carbons (Fsp3) is 0.400. The van der Waals surface area contributed by atoms with Crippen molar-refractivity contribution < 1.29 is 4.74 Å². The quantitative estimate of drug-likeness (QED) is 0.507. The Morgan fingerprint density at radius 1 is 1.33 bits per heavy atom. The van der Waals surface area contributed by atoms with Crippen molar-refractivity contribution in [2.75, 3.05) is 37.2 Å². The molecule has 4 N–H and O–H groups in total. The van der Waals surface area contributed by atoms with E-state index in [1.807, 2.05) is 10.6 Å². The van der Waals surface area contributed by atoms with Gasteiger partial charge in [-0.3, -0.25) is 5.43 Å². The van der Waals surface area contributed by atoms with Crippen LogP contribution in [-0.2, 0) is 4.74 Å². The molecule has 2 aromatic heterocycles. The molecule has 8 heteroatoms. The Balaban J connectivity index is 1.91. The van der Waals surface area contributed by atoms with E-state index in [1.165, 1.54) is 0 Å². The first-order valence-electron chi connectivity index (χ1n) is 5.76. The maximum Gasteiger partial charge on any atom is 0.186 e. The Morgan fingerprint density at radius 2 is 2.17 bits per heavy atom. The number of anilines is 2. The number of imidazole rings is 1. The molecule has 1 aliphatic heterocycles. The van der Waals surface area contributed by atoms with E-state index in [0.717, 1.165) is 18.7 Å². The fourth-order valence-corrected chi connectivity index (χ4v) is 1.90. The summed E-state index contributed by atoms with van der Waals surface area (Å²) in [5.74, 6) is 6.66. The molecule has 3 heterocycles. The van der Waals surface area contributed by atoms with Gasteiger partial charge in [0.2, 0.25) is 0 Å². The number of hydrogen-bond acceptors (Lipinski definition) is 7. The zero-order valence-corrected chi connectivity index (χ0v) is 9.83. The summed E-state index contributed by atoms with van der Waals surface area (Å²) in [6.07, 6.45) is 5.36. The number of nitrogens with zero attached hydrogens (tertiary/aromatic N) is 4. The molecule has 0 aliphatic carbocycles. The van der Waals surface area contributed by atoms with E-state index >= 15 is 0 Å². The molecule has 0 radical (unpaired) electrons. The lowest BCUT2D eigenvalue weighted by Gasteiger charge is -2.27. The molecule has 0 amide bonds. The van der Waals surface area contributed by atoms with Crippen LogP contribution in [0, 0.1) is 0 Å².